The van der Waals surface area contributed by atoms with E-state index in [1.165, 1.54) is 32.1 Å². The van der Waals surface area contributed by atoms with Gasteiger partial charge in [0.25, 0.3) is 0 Å². The molecule has 3 rings (SSSR count). The lowest BCUT2D eigenvalue weighted by Crippen LogP contribution is -2.24. The number of methoxy groups -OCH3 is 1. The predicted octanol–water partition coefficient (Wildman–Crippen LogP) is 3.25. The lowest BCUT2D eigenvalue weighted by atomic mass is 9.91. The summed E-state index contributed by atoms with van der Waals surface area (Å²) in [6.45, 7) is 0.871. The highest BCUT2D eigenvalue weighted by Gasteiger charge is 2.38. The first-order valence-electron chi connectivity index (χ1n) is 7.97. The maximum Gasteiger partial charge on any atom is 0.193 e. The molecule has 2 aliphatic carbocycles. The normalized spacial score (nSPS) is 25.9. The van der Waals surface area contributed by atoms with Gasteiger partial charge in [-0.2, -0.15) is 0 Å². The Morgan fingerprint density at radius 1 is 1.24 bits per heavy atom. The van der Waals surface area contributed by atoms with Gasteiger partial charge < -0.3 is 15.8 Å². The summed E-state index contributed by atoms with van der Waals surface area (Å²) in [4.78, 5) is 4.56. The molecule has 2 fully saturated rings. The van der Waals surface area contributed by atoms with Crippen LogP contribution in [0, 0.1) is 17.8 Å². The van der Waals surface area contributed by atoms with Gasteiger partial charge in [0, 0.05) is 12.2 Å². The molecule has 0 radical (unpaired) electrons. The van der Waals surface area contributed by atoms with E-state index >= 15 is 0 Å². The zero-order valence-electron chi connectivity index (χ0n) is 12.7. The molecule has 2 aliphatic rings. The molecule has 21 heavy (non-hydrogen) atoms. The van der Waals surface area contributed by atoms with Crippen LogP contribution in [-0.4, -0.2) is 19.6 Å². The summed E-state index contributed by atoms with van der Waals surface area (Å²) in [7, 11) is 1.66. The van der Waals surface area contributed by atoms with Gasteiger partial charge in [-0.3, -0.25) is 4.99 Å². The first-order valence-corrected chi connectivity index (χ1v) is 7.97. The molecule has 1 aromatic carbocycles. The molecule has 0 amide bonds. The smallest absolute Gasteiger partial charge is 0.193 e. The average molecular weight is 287 g/mol. The molecule has 4 heteroatoms. The monoisotopic (exact) mass is 287 g/mol. The zero-order chi connectivity index (χ0) is 14.7. The van der Waals surface area contributed by atoms with Gasteiger partial charge in [0.05, 0.1) is 7.11 Å². The van der Waals surface area contributed by atoms with Crippen LogP contribution in [0.4, 0.5) is 5.69 Å². The van der Waals surface area contributed by atoms with Crippen molar-refractivity contribution in [3.63, 3.8) is 0 Å². The average Bonchev–Trinajstić information content (AvgIpc) is 3.24. The van der Waals surface area contributed by atoms with Crippen molar-refractivity contribution in [2.45, 2.75) is 32.1 Å². The third-order valence-electron chi connectivity index (χ3n) is 4.80. The second-order valence-corrected chi connectivity index (χ2v) is 6.27. The Kier molecular flexibility index (Phi) is 4.32. The van der Waals surface area contributed by atoms with E-state index in [1.807, 2.05) is 24.3 Å². The van der Waals surface area contributed by atoms with E-state index in [0.29, 0.717) is 5.96 Å². The molecule has 0 spiro atoms. The van der Waals surface area contributed by atoms with Crippen LogP contribution >= 0.6 is 0 Å². The lowest BCUT2D eigenvalue weighted by molar-refractivity contribution is 0.354. The Labute approximate surface area is 126 Å². The minimum absolute atomic E-state index is 0.515. The van der Waals surface area contributed by atoms with Crippen LogP contribution in [0.1, 0.15) is 32.1 Å². The number of rotatable bonds is 5. The molecular formula is C17H25N3O. The summed E-state index contributed by atoms with van der Waals surface area (Å²) in [5.74, 6) is 4.00. The number of benzene rings is 1. The third-order valence-corrected chi connectivity index (χ3v) is 4.80. The Morgan fingerprint density at radius 2 is 2.00 bits per heavy atom. The molecule has 0 heterocycles. The van der Waals surface area contributed by atoms with Crippen molar-refractivity contribution in [2.75, 3.05) is 19.0 Å². The Morgan fingerprint density at radius 3 is 2.67 bits per heavy atom. The molecule has 3 N–H and O–H groups in total. The summed E-state index contributed by atoms with van der Waals surface area (Å²) in [6.07, 6.45) is 6.96. The van der Waals surface area contributed by atoms with Crippen molar-refractivity contribution in [1.82, 2.24) is 0 Å². The maximum atomic E-state index is 6.00. The fourth-order valence-electron chi connectivity index (χ4n) is 3.51. The van der Waals surface area contributed by atoms with E-state index in [2.05, 4.69) is 10.3 Å². The molecule has 4 nitrogen and oxygen atoms in total. The van der Waals surface area contributed by atoms with Crippen LogP contribution in [-0.2, 0) is 0 Å². The quantitative estimate of drug-likeness (QED) is 0.645. The number of ether oxygens (including phenoxy) is 1. The Hall–Kier alpha value is -1.71. The zero-order valence-corrected chi connectivity index (χ0v) is 12.7. The van der Waals surface area contributed by atoms with E-state index in [4.69, 9.17) is 10.5 Å². The third kappa shape index (κ3) is 3.69. The van der Waals surface area contributed by atoms with E-state index in [-0.39, 0.29) is 0 Å². The van der Waals surface area contributed by atoms with Crippen LogP contribution < -0.4 is 15.8 Å². The molecule has 0 bridgehead atoms. The van der Waals surface area contributed by atoms with Gasteiger partial charge in [-0.05, 0) is 67.7 Å². The molecule has 1 aromatic rings. The highest BCUT2D eigenvalue weighted by molar-refractivity contribution is 5.92. The van der Waals surface area contributed by atoms with Gasteiger partial charge in [-0.1, -0.05) is 6.42 Å². The minimum atomic E-state index is 0.515. The molecule has 0 aliphatic heterocycles. The first kappa shape index (κ1) is 14.2. The number of nitrogens with two attached hydrogens (primary N) is 1. The molecule has 2 atom stereocenters. The van der Waals surface area contributed by atoms with Crippen molar-refractivity contribution < 1.29 is 4.74 Å². The van der Waals surface area contributed by atoms with Crippen LogP contribution in [0.3, 0.4) is 0 Å². The topological polar surface area (TPSA) is 59.6 Å². The minimum Gasteiger partial charge on any atom is -0.497 e. The van der Waals surface area contributed by atoms with Crippen molar-refractivity contribution in [2.24, 2.45) is 28.5 Å². The van der Waals surface area contributed by atoms with Gasteiger partial charge in [0.15, 0.2) is 5.96 Å². The number of hydrogen-bond acceptors (Lipinski definition) is 2. The van der Waals surface area contributed by atoms with E-state index in [9.17, 15) is 0 Å². The highest BCUT2D eigenvalue weighted by atomic mass is 16.5. The van der Waals surface area contributed by atoms with Gasteiger partial charge >= 0.3 is 0 Å². The van der Waals surface area contributed by atoms with Crippen molar-refractivity contribution in [3.8, 4) is 5.75 Å². The largest absolute Gasteiger partial charge is 0.497 e. The summed E-state index contributed by atoms with van der Waals surface area (Å²) in [5.41, 5.74) is 6.95. The van der Waals surface area contributed by atoms with E-state index < -0.39 is 0 Å². The molecule has 2 unspecified atom stereocenters. The second kappa shape index (κ2) is 6.37. The van der Waals surface area contributed by atoms with Crippen LogP contribution in [0.5, 0.6) is 5.75 Å². The number of nitrogens with one attached hydrogen (secondary N) is 1. The number of guanidine groups is 1. The number of aliphatic imine (C=N–C) groups is 1. The number of nitrogens with zero attached hydrogens (tertiary/aromatic N) is 1. The lowest BCUT2D eigenvalue weighted by Gasteiger charge is -2.17. The van der Waals surface area contributed by atoms with E-state index in [0.717, 1.165) is 35.7 Å². The van der Waals surface area contributed by atoms with Crippen molar-refractivity contribution >= 4 is 11.6 Å². The maximum absolute atomic E-state index is 6.00. The van der Waals surface area contributed by atoms with E-state index in [1.54, 1.807) is 7.11 Å². The summed E-state index contributed by atoms with van der Waals surface area (Å²) in [5, 5.41) is 3.15. The van der Waals surface area contributed by atoms with Crippen molar-refractivity contribution in [3.05, 3.63) is 24.3 Å². The number of anilines is 1. The van der Waals surface area contributed by atoms with Gasteiger partial charge in [0.2, 0.25) is 0 Å². The molecule has 0 aromatic heterocycles. The molecule has 114 valence electrons. The van der Waals surface area contributed by atoms with Crippen molar-refractivity contribution in [1.29, 1.82) is 0 Å². The first-order chi connectivity index (χ1) is 10.3. The van der Waals surface area contributed by atoms with Gasteiger partial charge in [0.1, 0.15) is 5.75 Å². The molecular weight excluding hydrogens is 262 g/mol. The van der Waals surface area contributed by atoms with Crippen LogP contribution in [0.25, 0.3) is 0 Å². The number of hydrogen-bond donors (Lipinski definition) is 2. The van der Waals surface area contributed by atoms with Gasteiger partial charge in [-0.25, -0.2) is 0 Å². The fourth-order valence-corrected chi connectivity index (χ4v) is 3.51. The summed E-state index contributed by atoms with van der Waals surface area (Å²) >= 11 is 0. The summed E-state index contributed by atoms with van der Waals surface area (Å²) < 4.78 is 5.14. The highest BCUT2D eigenvalue weighted by Crippen LogP contribution is 2.48. The fraction of sp³-hybridized carbons (Fsp3) is 0.588. The molecule has 0 saturated heterocycles. The SMILES string of the molecule is COc1ccc(NC(N)=NCC2CCCC2C2CC2)cc1. The van der Waals surface area contributed by atoms with Crippen LogP contribution in [0.2, 0.25) is 0 Å². The second-order valence-electron chi connectivity index (χ2n) is 6.27. The Bertz CT molecular complexity index is 493. The Balaban J connectivity index is 1.52. The summed E-state index contributed by atoms with van der Waals surface area (Å²) in [6, 6.07) is 7.72. The van der Waals surface area contributed by atoms with Crippen LogP contribution in [0.15, 0.2) is 29.3 Å². The van der Waals surface area contributed by atoms with Gasteiger partial charge in [-0.15, -0.1) is 0 Å². The standard InChI is InChI=1S/C17H25N3O/c1-21-15-9-7-14(8-10-15)20-17(18)19-11-13-3-2-4-16(13)12-5-6-12/h7-10,12-13,16H,2-6,11H2,1H3,(H3,18,19,20). The predicted molar refractivity (Wildman–Crippen MR) is 86.7 cm³/mol. The molecule has 2 saturated carbocycles.